The molecule has 0 atom stereocenters. The number of hydrogen-bond donors (Lipinski definition) is 2. The van der Waals surface area contributed by atoms with Gasteiger partial charge in [-0.1, -0.05) is 15.9 Å². The van der Waals surface area contributed by atoms with Gasteiger partial charge in [0.15, 0.2) is 5.11 Å². The van der Waals surface area contributed by atoms with Crippen LogP contribution in [0.15, 0.2) is 39.9 Å². The number of nitrogens with zero attached hydrogens (tertiary/aromatic N) is 2. The number of rotatable bonds is 4. The number of aryl methyl sites for hydroxylation is 1. The zero-order chi connectivity index (χ0) is 16.1. The molecule has 0 unspecified atom stereocenters. The third kappa shape index (κ3) is 3.96. The molecule has 1 aromatic carbocycles. The predicted molar refractivity (Wildman–Crippen MR) is 99.9 cm³/mol. The third-order valence-corrected chi connectivity index (χ3v) is 4.03. The number of hydrazone groups is 1. The Morgan fingerprint density at radius 2 is 2.00 bits per heavy atom. The van der Waals surface area contributed by atoms with Gasteiger partial charge in [-0.2, -0.15) is 5.10 Å². The molecule has 4 nitrogen and oxygen atoms in total. The molecule has 0 radical (unpaired) electrons. The van der Waals surface area contributed by atoms with Gasteiger partial charge in [-0.25, -0.2) is 0 Å². The summed E-state index contributed by atoms with van der Waals surface area (Å²) in [4.78, 5) is 0. The SMILES string of the molecule is CCNC(=S)NN=Cc1cc(C)n(-c2ccc(Br)cc2)c1C. The Bertz CT molecular complexity index is 689. The lowest BCUT2D eigenvalue weighted by Gasteiger charge is -2.09. The first-order valence-electron chi connectivity index (χ1n) is 7.04. The molecule has 0 saturated heterocycles. The van der Waals surface area contributed by atoms with Crippen LogP contribution in [-0.2, 0) is 0 Å². The molecule has 2 N–H and O–H groups in total. The molecule has 22 heavy (non-hydrogen) atoms. The van der Waals surface area contributed by atoms with Gasteiger partial charge >= 0.3 is 0 Å². The van der Waals surface area contributed by atoms with Crippen LogP contribution in [0.3, 0.4) is 0 Å². The molecule has 0 fully saturated rings. The van der Waals surface area contributed by atoms with Gasteiger partial charge in [0, 0.05) is 33.7 Å². The van der Waals surface area contributed by atoms with Gasteiger partial charge in [0.2, 0.25) is 0 Å². The summed E-state index contributed by atoms with van der Waals surface area (Å²) in [6.07, 6.45) is 1.79. The van der Waals surface area contributed by atoms with E-state index in [0.29, 0.717) is 5.11 Å². The normalized spacial score (nSPS) is 10.9. The molecule has 0 amide bonds. The molecule has 0 aliphatic carbocycles. The summed E-state index contributed by atoms with van der Waals surface area (Å²) in [6, 6.07) is 10.4. The number of hydrogen-bond acceptors (Lipinski definition) is 2. The fraction of sp³-hybridized carbons (Fsp3) is 0.250. The van der Waals surface area contributed by atoms with Gasteiger partial charge in [0.05, 0.1) is 6.21 Å². The van der Waals surface area contributed by atoms with Gasteiger partial charge < -0.3 is 9.88 Å². The van der Waals surface area contributed by atoms with Crippen molar-refractivity contribution in [3.05, 3.63) is 51.8 Å². The number of thiocarbonyl (C=S) groups is 1. The van der Waals surface area contributed by atoms with Crippen LogP contribution in [0.25, 0.3) is 5.69 Å². The van der Waals surface area contributed by atoms with E-state index in [1.807, 2.05) is 19.1 Å². The zero-order valence-corrected chi connectivity index (χ0v) is 15.3. The van der Waals surface area contributed by atoms with E-state index in [0.717, 1.165) is 33.7 Å². The van der Waals surface area contributed by atoms with Crippen LogP contribution < -0.4 is 10.7 Å². The highest BCUT2D eigenvalue weighted by molar-refractivity contribution is 9.10. The summed E-state index contributed by atoms with van der Waals surface area (Å²) in [6.45, 7) is 6.94. The van der Waals surface area contributed by atoms with E-state index in [9.17, 15) is 0 Å². The van der Waals surface area contributed by atoms with Crippen molar-refractivity contribution in [2.45, 2.75) is 20.8 Å². The Kier molecular flexibility index (Phi) is 5.74. The van der Waals surface area contributed by atoms with Crippen LogP contribution in [0.4, 0.5) is 0 Å². The van der Waals surface area contributed by atoms with Gasteiger partial charge in [-0.3, -0.25) is 5.43 Å². The van der Waals surface area contributed by atoms with Gasteiger partial charge in [-0.05, 0) is 63.3 Å². The maximum absolute atomic E-state index is 5.08. The fourth-order valence-electron chi connectivity index (χ4n) is 2.27. The van der Waals surface area contributed by atoms with Gasteiger partial charge in [0.25, 0.3) is 0 Å². The average Bonchev–Trinajstić information content (AvgIpc) is 2.75. The second-order valence-corrected chi connectivity index (χ2v) is 6.19. The van der Waals surface area contributed by atoms with Crippen molar-refractivity contribution in [3.8, 4) is 5.69 Å². The topological polar surface area (TPSA) is 41.4 Å². The second kappa shape index (κ2) is 7.56. The van der Waals surface area contributed by atoms with Crippen LogP contribution >= 0.6 is 28.1 Å². The van der Waals surface area contributed by atoms with Crippen molar-refractivity contribution in [2.75, 3.05) is 6.54 Å². The smallest absolute Gasteiger partial charge is 0.186 e. The third-order valence-electron chi connectivity index (χ3n) is 3.26. The van der Waals surface area contributed by atoms with E-state index < -0.39 is 0 Å². The first-order valence-corrected chi connectivity index (χ1v) is 8.25. The Balaban J connectivity index is 2.22. The monoisotopic (exact) mass is 378 g/mol. The molecule has 2 rings (SSSR count). The minimum atomic E-state index is 0.528. The van der Waals surface area contributed by atoms with E-state index in [-0.39, 0.29) is 0 Å². The molecule has 0 saturated carbocycles. The molecule has 1 heterocycles. The fourth-order valence-corrected chi connectivity index (χ4v) is 2.73. The van der Waals surface area contributed by atoms with E-state index in [1.54, 1.807) is 6.21 Å². The van der Waals surface area contributed by atoms with Crippen LogP contribution in [0.2, 0.25) is 0 Å². The van der Waals surface area contributed by atoms with E-state index in [2.05, 4.69) is 68.4 Å². The Morgan fingerprint density at radius 1 is 1.32 bits per heavy atom. The lowest BCUT2D eigenvalue weighted by molar-refractivity contribution is 0.903. The Hall–Kier alpha value is -1.66. The number of benzene rings is 1. The second-order valence-electron chi connectivity index (χ2n) is 4.87. The molecule has 1 aromatic heterocycles. The number of nitrogens with one attached hydrogen (secondary N) is 2. The van der Waals surface area contributed by atoms with Crippen molar-refractivity contribution in [1.82, 2.24) is 15.3 Å². The molecular weight excluding hydrogens is 360 g/mol. The van der Waals surface area contributed by atoms with E-state index in [4.69, 9.17) is 12.2 Å². The van der Waals surface area contributed by atoms with Crippen LogP contribution in [0, 0.1) is 13.8 Å². The summed E-state index contributed by atoms with van der Waals surface area (Å²) in [5.74, 6) is 0. The molecular formula is C16H19BrN4S. The highest BCUT2D eigenvalue weighted by Gasteiger charge is 2.09. The first kappa shape index (κ1) is 16.7. The van der Waals surface area contributed by atoms with Gasteiger partial charge in [-0.15, -0.1) is 0 Å². The Labute approximate surface area is 144 Å². The highest BCUT2D eigenvalue weighted by Crippen LogP contribution is 2.21. The summed E-state index contributed by atoms with van der Waals surface area (Å²) >= 11 is 8.54. The lowest BCUT2D eigenvalue weighted by Crippen LogP contribution is -2.31. The van der Waals surface area contributed by atoms with E-state index >= 15 is 0 Å². The van der Waals surface area contributed by atoms with Crippen LogP contribution in [-0.4, -0.2) is 22.4 Å². The quantitative estimate of drug-likeness (QED) is 0.484. The lowest BCUT2D eigenvalue weighted by atomic mass is 10.2. The highest BCUT2D eigenvalue weighted by atomic mass is 79.9. The molecule has 0 aliphatic rings. The van der Waals surface area contributed by atoms with Crippen LogP contribution in [0.5, 0.6) is 0 Å². The molecule has 0 spiro atoms. The minimum absolute atomic E-state index is 0.528. The maximum Gasteiger partial charge on any atom is 0.186 e. The summed E-state index contributed by atoms with van der Waals surface area (Å²) < 4.78 is 3.28. The average molecular weight is 379 g/mol. The van der Waals surface area contributed by atoms with Crippen molar-refractivity contribution in [1.29, 1.82) is 0 Å². The van der Waals surface area contributed by atoms with Crippen molar-refractivity contribution < 1.29 is 0 Å². The standard InChI is InChI=1S/C16H19BrN4S/c1-4-18-16(22)20-19-10-13-9-11(2)21(12(13)3)15-7-5-14(17)6-8-15/h5-10H,4H2,1-3H3,(H2,18,20,22). The Morgan fingerprint density at radius 3 is 2.64 bits per heavy atom. The molecule has 0 aliphatic heterocycles. The molecule has 6 heteroatoms. The van der Waals surface area contributed by atoms with Crippen molar-refractivity contribution >= 4 is 39.5 Å². The summed E-state index contributed by atoms with van der Waals surface area (Å²) in [5, 5.41) is 7.70. The number of halogens is 1. The predicted octanol–water partition coefficient (Wildman–Crippen LogP) is 3.67. The first-order chi connectivity index (χ1) is 10.5. The van der Waals surface area contributed by atoms with E-state index in [1.165, 1.54) is 0 Å². The minimum Gasteiger partial charge on any atom is -0.362 e. The summed E-state index contributed by atoms with van der Waals surface area (Å²) in [7, 11) is 0. The largest absolute Gasteiger partial charge is 0.362 e. The molecule has 2 aromatic rings. The molecule has 0 bridgehead atoms. The van der Waals surface area contributed by atoms with Gasteiger partial charge in [0.1, 0.15) is 0 Å². The zero-order valence-electron chi connectivity index (χ0n) is 12.9. The summed E-state index contributed by atoms with van der Waals surface area (Å²) in [5.41, 5.74) is 7.31. The van der Waals surface area contributed by atoms with Crippen molar-refractivity contribution in [2.24, 2.45) is 5.10 Å². The van der Waals surface area contributed by atoms with Crippen LogP contribution in [0.1, 0.15) is 23.9 Å². The number of aromatic nitrogens is 1. The molecule has 116 valence electrons. The maximum atomic E-state index is 5.08. The van der Waals surface area contributed by atoms with Crippen molar-refractivity contribution in [3.63, 3.8) is 0 Å².